The number of hydrogen-bond donors (Lipinski definition) is 1. The number of nitrogens with zero attached hydrogens (tertiary/aromatic N) is 3. The molecule has 1 aliphatic heterocycles. The van der Waals surface area contributed by atoms with Gasteiger partial charge in [0.2, 0.25) is 0 Å². The van der Waals surface area contributed by atoms with E-state index < -0.39 is 0 Å². The van der Waals surface area contributed by atoms with Crippen LogP contribution in [0.25, 0.3) is 0 Å². The van der Waals surface area contributed by atoms with Crippen LogP contribution in [-0.4, -0.2) is 60.6 Å². The molecule has 1 saturated heterocycles. The number of piperazine rings is 1. The summed E-state index contributed by atoms with van der Waals surface area (Å²) in [5.74, 6) is 0. The molecular weight excluding hydrogens is 232 g/mol. The fraction of sp³-hybridized carbons (Fsp3) is 0.750. The molecule has 17 heavy (non-hydrogen) atoms. The summed E-state index contributed by atoms with van der Waals surface area (Å²) in [6.07, 6.45) is 1.87. The molecule has 2 heterocycles. The molecule has 0 saturated carbocycles. The van der Waals surface area contributed by atoms with Crippen molar-refractivity contribution >= 4 is 11.3 Å². The van der Waals surface area contributed by atoms with Gasteiger partial charge in [-0.1, -0.05) is 0 Å². The number of hydrogen-bond acceptors (Lipinski definition) is 5. The molecule has 5 heteroatoms. The summed E-state index contributed by atoms with van der Waals surface area (Å²) in [6.45, 7) is 9.07. The Morgan fingerprint density at radius 3 is 2.82 bits per heavy atom. The summed E-state index contributed by atoms with van der Waals surface area (Å²) in [7, 11) is 2.20. The zero-order valence-corrected chi connectivity index (χ0v) is 11.5. The van der Waals surface area contributed by atoms with Crippen LogP contribution in [0.1, 0.15) is 11.9 Å². The van der Waals surface area contributed by atoms with Gasteiger partial charge >= 0.3 is 0 Å². The van der Waals surface area contributed by atoms with E-state index in [-0.39, 0.29) is 0 Å². The summed E-state index contributed by atoms with van der Waals surface area (Å²) >= 11 is 1.72. The van der Waals surface area contributed by atoms with Crippen molar-refractivity contribution in [2.75, 3.05) is 39.8 Å². The topological polar surface area (TPSA) is 31.4 Å². The third kappa shape index (κ3) is 4.35. The average Bonchev–Trinajstić information content (AvgIpc) is 2.83. The Balaban J connectivity index is 1.65. The van der Waals surface area contributed by atoms with Crippen LogP contribution in [0.2, 0.25) is 0 Å². The molecule has 0 amide bonds. The largest absolute Gasteiger partial charge is 0.307 e. The van der Waals surface area contributed by atoms with Gasteiger partial charge in [0, 0.05) is 56.9 Å². The van der Waals surface area contributed by atoms with Crippen LogP contribution >= 0.6 is 11.3 Å². The molecule has 1 fully saturated rings. The van der Waals surface area contributed by atoms with Gasteiger partial charge < -0.3 is 10.2 Å². The predicted octanol–water partition coefficient (Wildman–Crippen LogP) is 0.869. The summed E-state index contributed by atoms with van der Waals surface area (Å²) in [4.78, 5) is 9.21. The van der Waals surface area contributed by atoms with Gasteiger partial charge in [-0.15, -0.1) is 11.3 Å². The van der Waals surface area contributed by atoms with Crippen molar-refractivity contribution in [3.05, 3.63) is 16.6 Å². The van der Waals surface area contributed by atoms with Crippen molar-refractivity contribution in [3.8, 4) is 0 Å². The van der Waals surface area contributed by atoms with Crippen molar-refractivity contribution < 1.29 is 0 Å². The van der Waals surface area contributed by atoms with E-state index in [0.29, 0.717) is 6.04 Å². The van der Waals surface area contributed by atoms with Gasteiger partial charge in [0.15, 0.2) is 0 Å². The van der Waals surface area contributed by atoms with E-state index in [4.69, 9.17) is 0 Å². The van der Waals surface area contributed by atoms with E-state index in [9.17, 15) is 0 Å². The minimum atomic E-state index is 0.530. The second-order valence-electron chi connectivity index (χ2n) is 4.81. The second-order valence-corrected chi connectivity index (χ2v) is 5.79. The van der Waals surface area contributed by atoms with Crippen LogP contribution in [0.15, 0.2) is 11.6 Å². The fourth-order valence-corrected chi connectivity index (χ4v) is 2.65. The van der Waals surface area contributed by atoms with E-state index >= 15 is 0 Å². The van der Waals surface area contributed by atoms with Crippen molar-refractivity contribution in [2.24, 2.45) is 0 Å². The van der Waals surface area contributed by atoms with Crippen molar-refractivity contribution in [1.29, 1.82) is 0 Å². The lowest BCUT2D eigenvalue weighted by atomic mass is 10.2. The molecule has 1 aliphatic rings. The van der Waals surface area contributed by atoms with Crippen LogP contribution in [0.4, 0.5) is 0 Å². The average molecular weight is 254 g/mol. The molecule has 0 spiro atoms. The zero-order chi connectivity index (χ0) is 12.1. The van der Waals surface area contributed by atoms with Crippen molar-refractivity contribution in [2.45, 2.75) is 19.5 Å². The van der Waals surface area contributed by atoms with Gasteiger partial charge in [0.1, 0.15) is 5.01 Å². The first-order chi connectivity index (χ1) is 8.24. The van der Waals surface area contributed by atoms with E-state index in [2.05, 4.69) is 34.1 Å². The summed E-state index contributed by atoms with van der Waals surface area (Å²) < 4.78 is 0. The molecule has 2 rings (SSSR count). The SMILES string of the molecule is CC(CN1CCN(C)CC1)NCc1nccs1. The van der Waals surface area contributed by atoms with Gasteiger partial charge in [-0.05, 0) is 14.0 Å². The standard InChI is InChI=1S/C12H22N4S/c1-11(14-9-12-13-3-8-17-12)10-16-6-4-15(2)5-7-16/h3,8,11,14H,4-7,9-10H2,1-2H3. The van der Waals surface area contributed by atoms with E-state index in [1.165, 1.54) is 31.2 Å². The zero-order valence-electron chi connectivity index (χ0n) is 10.7. The normalized spacial score (nSPS) is 20.6. The number of aromatic nitrogens is 1. The third-order valence-corrected chi connectivity index (χ3v) is 3.99. The Kier molecular flexibility index (Phi) is 4.91. The molecule has 1 N–H and O–H groups in total. The minimum absolute atomic E-state index is 0.530. The highest BCUT2D eigenvalue weighted by Crippen LogP contribution is 2.04. The van der Waals surface area contributed by atoms with Crippen LogP contribution in [0, 0.1) is 0 Å². The maximum Gasteiger partial charge on any atom is 0.106 e. The van der Waals surface area contributed by atoms with Gasteiger partial charge in [0.25, 0.3) is 0 Å². The van der Waals surface area contributed by atoms with Gasteiger partial charge in [-0.2, -0.15) is 0 Å². The maximum absolute atomic E-state index is 4.28. The number of nitrogens with one attached hydrogen (secondary N) is 1. The first kappa shape index (κ1) is 13.0. The number of rotatable bonds is 5. The lowest BCUT2D eigenvalue weighted by molar-refractivity contribution is 0.144. The Bertz CT molecular complexity index is 306. The van der Waals surface area contributed by atoms with Crippen molar-refractivity contribution in [3.63, 3.8) is 0 Å². The number of thiazole rings is 1. The molecule has 0 bridgehead atoms. The third-order valence-electron chi connectivity index (χ3n) is 3.21. The Hall–Kier alpha value is -0.490. The first-order valence-corrected chi connectivity index (χ1v) is 7.14. The Labute approximate surface area is 108 Å². The Morgan fingerprint density at radius 1 is 1.41 bits per heavy atom. The molecule has 0 aromatic carbocycles. The molecule has 96 valence electrons. The van der Waals surface area contributed by atoms with Gasteiger partial charge in [-0.3, -0.25) is 4.90 Å². The molecule has 1 aromatic rings. The first-order valence-electron chi connectivity index (χ1n) is 6.26. The fourth-order valence-electron chi connectivity index (χ4n) is 2.08. The van der Waals surface area contributed by atoms with E-state index in [1.54, 1.807) is 11.3 Å². The maximum atomic E-state index is 4.28. The summed E-state index contributed by atoms with van der Waals surface area (Å²) in [6, 6.07) is 0.530. The molecule has 1 unspecified atom stereocenters. The molecule has 0 radical (unpaired) electrons. The van der Waals surface area contributed by atoms with E-state index in [0.717, 1.165) is 13.1 Å². The van der Waals surface area contributed by atoms with Gasteiger partial charge in [-0.25, -0.2) is 4.98 Å². The van der Waals surface area contributed by atoms with Crippen LogP contribution in [-0.2, 0) is 6.54 Å². The highest BCUT2D eigenvalue weighted by atomic mass is 32.1. The predicted molar refractivity (Wildman–Crippen MR) is 72.4 cm³/mol. The van der Waals surface area contributed by atoms with Crippen LogP contribution in [0.5, 0.6) is 0 Å². The minimum Gasteiger partial charge on any atom is -0.307 e. The smallest absolute Gasteiger partial charge is 0.106 e. The quantitative estimate of drug-likeness (QED) is 0.845. The molecule has 1 atom stereocenters. The summed E-state index contributed by atoms with van der Waals surface area (Å²) in [5, 5.41) is 6.74. The highest BCUT2D eigenvalue weighted by Gasteiger charge is 2.15. The molecule has 0 aliphatic carbocycles. The monoisotopic (exact) mass is 254 g/mol. The van der Waals surface area contributed by atoms with Crippen molar-refractivity contribution in [1.82, 2.24) is 20.1 Å². The molecule has 1 aromatic heterocycles. The lowest BCUT2D eigenvalue weighted by Gasteiger charge is -2.34. The lowest BCUT2D eigenvalue weighted by Crippen LogP contribution is -2.48. The van der Waals surface area contributed by atoms with Gasteiger partial charge in [0.05, 0.1) is 0 Å². The molecule has 4 nitrogen and oxygen atoms in total. The molecular formula is C12H22N4S. The van der Waals surface area contributed by atoms with E-state index in [1.807, 2.05) is 11.6 Å². The highest BCUT2D eigenvalue weighted by molar-refractivity contribution is 7.09. The Morgan fingerprint density at radius 2 is 2.18 bits per heavy atom. The van der Waals surface area contributed by atoms with Crippen LogP contribution < -0.4 is 5.32 Å². The summed E-state index contributed by atoms with van der Waals surface area (Å²) in [5.41, 5.74) is 0. The second kappa shape index (κ2) is 6.44. The number of likely N-dealkylation sites (N-methyl/N-ethyl adjacent to an activating group) is 1. The van der Waals surface area contributed by atoms with Crippen LogP contribution in [0.3, 0.4) is 0 Å².